The summed E-state index contributed by atoms with van der Waals surface area (Å²) in [6.45, 7) is 11.4. The van der Waals surface area contributed by atoms with Gasteiger partial charge in [-0.2, -0.15) is 0 Å². The van der Waals surface area contributed by atoms with Gasteiger partial charge in [0.25, 0.3) is 0 Å². The van der Waals surface area contributed by atoms with Crippen LogP contribution >= 0.6 is 17.2 Å². The first kappa shape index (κ1) is 23.9. The molecule has 31 heavy (non-hydrogen) atoms. The molecular weight excluding hydrogens is 418 g/mol. The predicted octanol–water partition coefficient (Wildman–Crippen LogP) is 5.72. The van der Waals surface area contributed by atoms with Crippen LogP contribution in [0.3, 0.4) is 0 Å². The molecule has 0 spiro atoms. The average Bonchev–Trinajstić information content (AvgIpc) is 2.73. The lowest BCUT2D eigenvalue weighted by molar-refractivity contribution is 0.0514. The number of rotatable bonds is 8. The fourth-order valence-electron chi connectivity index (χ4n) is 3.55. The number of hydrogen-bond acceptors (Lipinski definition) is 2. The van der Waals surface area contributed by atoms with Gasteiger partial charge in [-0.15, -0.1) is 0 Å². The van der Waals surface area contributed by atoms with Crippen LogP contribution in [0.15, 0.2) is 60.7 Å². The van der Waals surface area contributed by atoms with E-state index in [1.807, 2.05) is 0 Å². The molecule has 2 nitrogen and oxygen atoms in total. The molecule has 0 aliphatic heterocycles. The lowest BCUT2D eigenvalue weighted by Crippen LogP contribution is -2.19. The van der Waals surface area contributed by atoms with Gasteiger partial charge in [-0.05, 0) is 64.4 Å². The second-order valence-corrected chi connectivity index (χ2v) is 11.5. The Labute approximate surface area is 191 Å². The third kappa shape index (κ3) is 6.39. The molecular formula is C27H34O2P2. The van der Waals surface area contributed by atoms with Crippen molar-refractivity contribution in [1.82, 2.24) is 0 Å². The molecule has 3 aromatic carbocycles. The zero-order chi connectivity index (χ0) is 22.4. The summed E-state index contributed by atoms with van der Waals surface area (Å²) in [6, 6.07) is 22.1. The first-order valence-electron chi connectivity index (χ1n) is 10.7. The number of hydrogen-bond donors (Lipinski definition) is 0. The Morgan fingerprint density at radius 2 is 1.61 bits per heavy atom. The number of aryl methyl sites for hydroxylation is 2. The van der Waals surface area contributed by atoms with Gasteiger partial charge >= 0.3 is 0 Å². The Bertz CT molecular complexity index is 1010. The third-order valence-electron chi connectivity index (χ3n) is 5.34. The zero-order valence-electron chi connectivity index (χ0n) is 19.5. The molecule has 0 radical (unpaired) electrons. The molecule has 4 heteroatoms. The van der Waals surface area contributed by atoms with Crippen LogP contribution in [0.2, 0.25) is 0 Å². The Balaban J connectivity index is 1.98. The summed E-state index contributed by atoms with van der Waals surface area (Å²) in [5.41, 5.74) is 5.40. The lowest BCUT2D eigenvalue weighted by atomic mass is 9.86. The summed E-state index contributed by atoms with van der Waals surface area (Å²) < 4.78 is 11.3. The lowest BCUT2D eigenvalue weighted by Gasteiger charge is -2.24. The van der Waals surface area contributed by atoms with E-state index in [0.717, 1.165) is 20.5 Å². The van der Waals surface area contributed by atoms with Gasteiger partial charge in [-0.25, -0.2) is 0 Å². The van der Waals surface area contributed by atoms with Gasteiger partial charge < -0.3 is 9.47 Å². The van der Waals surface area contributed by atoms with Crippen molar-refractivity contribution in [3.63, 3.8) is 0 Å². The molecule has 0 saturated heterocycles. The van der Waals surface area contributed by atoms with E-state index in [1.54, 1.807) is 7.11 Å². The second kappa shape index (κ2) is 10.7. The van der Waals surface area contributed by atoms with E-state index < -0.39 is 0 Å². The van der Waals surface area contributed by atoms with E-state index in [9.17, 15) is 0 Å². The van der Waals surface area contributed by atoms with Gasteiger partial charge in [-0.3, -0.25) is 0 Å². The summed E-state index contributed by atoms with van der Waals surface area (Å²) in [5, 5.41) is 4.12. The minimum atomic E-state index is 0.0903. The molecule has 2 unspecified atom stereocenters. The van der Waals surface area contributed by atoms with Crippen molar-refractivity contribution in [2.75, 3.05) is 13.9 Å². The predicted molar refractivity (Wildman–Crippen MR) is 139 cm³/mol. The van der Waals surface area contributed by atoms with Crippen LogP contribution in [-0.2, 0) is 16.3 Å². The summed E-state index contributed by atoms with van der Waals surface area (Å²) in [7, 11) is 2.99. The van der Waals surface area contributed by atoms with Gasteiger partial charge in [0.1, 0.15) is 5.75 Å². The largest absolute Gasteiger partial charge is 0.467 e. The maximum absolute atomic E-state index is 6.05. The molecule has 3 aromatic rings. The first-order chi connectivity index (χ1) is 14.8. The third-order valence-corrected chi connectivity index (χ3v) is 8.24. The van der Waals surface area contributed by atoms with Gasteiger partial charge in [0, 0.05) is 12.4 Å². The molecule has 0 bridgehead atoms. The van der Waals surface area contributed by atoms with Crippen molar-refractivity contribution in [2.24, 2.45) is 0 Å². The topological polar surface area (TPSA) is 18.5 Å². The maximum atomic E-state index is 6.05. The van der Waals surface area contributed by atoms with E-state index >= 15 is 0 Å². The monoisotopic (exact) mass is 452 g/mol. The van der Waals surface area contributed by atoms with Crippen molar-refractivity contribution < 1.29 is 9.47 Å². The van der Waals surface area contributed by atoms with E-state index in [2.05, 4.69) is 95.3 Å². The van der Waals surface area contributed by atoms with Gasteiger partial charge in [0.15, 0.2) is 6.79 Å². The summed E-state index contributed by atoms with van der Waals surface area (Å²) in [6.07, 6.45) is 1.07. The normalized spacial score (nSPS) is 12.3. The fraction of sp³-hybridized carbons (Fsp3) is 0.333. The van der Waals surface area contributed by atoms with E-state index in [-0.39, 0.29) is 12.2 Å². The second-order valence-electron chi connectivity index (χ2n) is 8.92. The minimum absolute atomic E-state index is 0.0903. The van der Waals surface area contributed by atoms with Crippen molar-refractivity contribution in [3.8, 4) is 5.75 Å². The highest BCUT2D eigenvalue weighted by molar-refractivity contribution is 7.56. The molecule has 0 saturated carbocycles. The van der Waals surface area contributed by atoms with Crippen LogP contribution in [0, 0.1) is 13.8 Å². The molecule has 0 N–H and O–H groups in total. The zero-order valence-corrected chi connectivity index (χ0v) is 21.5. The van der Waals surface area contributed by atoms with Crippen LogP contribution < -0.4 is 20.7 Å². The maximum Gasteiger partial charge on any atom is 0.188 e. The highest BCUT2D eigenvalue weighted by atomic mass is 31.1. The molecule has 0 aromatic heterocycles. The van der Waals surface area contributed by atoms with Crippen molar-refractivity contribution in [1.29, 1.82) is 0 Å². The van der Waals surface area contributed by atoms with E-state index in [1.165, 1.54) is 38.2 Å². The Morgan fingerprint density at radius 1 is 0.871 bits per heavy atom. The highest BCUT2D eigenvalue weighted by Crippen LogP contribution is 2.32. The van der Waals surface area contributed by atoms with Gasteiger partial charge in [-0.1, -0.05) is 92.5 Å². The standard InChI is InChI=1S/C27H34O2P2/c1-19-11-10-12-21(17-30-23-13-8-7-9-14-23)26(19)31-24-16-22(27(3,4)5)15-20(2)25(24)29-18-28-6/h7-16,30-31H,17-18H2,1-6H3. The molecule has 2 atom stereocenters. The molecule has 0 fully saturated rings. The Hall–Kier alpha value is -1.72. The molecule has 0 aliphatic carbocycles. The average molecular weight is 453 g/mol. The van der Waals surface area contributed by atoms with Crippen LogP contribution in [0.4, 0.5) is 0 Å². The molecule has 0 heterocycles. The SMILES string of the molecule is COCOc1c(C)cc(C(C)(C)C)cc1Pc1c(C)cccc1CPc1ccccc1. The van der Waals surface area contributed by atoms with Crippen LogP contribution in [0.1, 0.15) is 43.0 Å². The number of benzene rings is 3. The molecule has 0 amide bonds. The Morgan fingerprint density at radius 3 is 2.29 bits per heavy atom. The van der Waals surface area contributed by atoms with Gasteiger partial charge in [0.2, 0.25) is 0 Å². The van der Waals surface area contributed by atoms with Crippen molar-refractivity contribution in [3.05, 3.63) is 82.9 Å². The number of methoxy groups -OCH3 is 1. The smallest absolute Gasteiger partial charge is 0.188 e. The molecule has 0 aliphatic rings. The van der Waals surface area contributed by atoms with Crippen LogP contribution in [0.25, 0.3) is 0 Å². The summed E-state index contributed by atoms with van der Waals surface area (Å²) in [5.74, 6) is 0.966. The highest BCUT2D eigenvalue weighted by Gasteiger charge is 2.20. The van der Waals surface area contributed by atoms with E-state index in [0.29, 0.717) is 8.58 Å². The van der Waals surface area contributed by atoms with Crippen molar-refractivity contribution >= 4 is 33.1 Å². The number of ether oxygens (including phenoxy) is 2. The van der Waals surface area contributed by atoms with Crippen LogP contribution in [0.5, 0.6) is 5.75 Å². The van der Waals surface area contributed by atoms with Gasteiger partial charge in [0.05, 0.1) is 0 Å². The minimum Gasteiger partial charge on any atom is -0.467 e. The van der Waals surface area contributed by atoms with E-state index in [4.69, 9.17) is 9.47 Å². The molecule has 3 rings (SSSR count). The van der Waals surface area contributed by atoms with Crippen molar-refractivity contribution in [2.45, 2.75) is 46.2 Å². The Kier molecular flexibility index (Phi) is 8.29. The fourth-order valence-corrected chi connectivity index (χ4v) is 6.34. The van der Waals surface area contributed by atoms with Crippen LogP contribution in [-0.4, -0.2) is 13.9 Å². The molecule has 164 valence electrons. The summed E-state index contributed by atoms with van der Waals surface area (Å²) in [4.78, 5) is 0. The summed E-state index contributed by atoms with van der Waals surface area (Å²) >= 11 is 0. The quantitative estimate of drug-likeness (QED) is 0.322. The first-order valence-corrected chi connectivity index (χ1v) is 12.9.